The van der Waals surface area contributed by atoms with Crippen LogP contribution in [-0.4, -0.2) is 60.3 Å². The topological polar surface area (TPSA) is 15.7 Å². The summed E-state index contributed by atoms with van der Waals surface area (Å²) in [5.74, 6) is 0. The highest BCUT2D eigenvalue weighted by Crippen LogP contribution is 2.26. The molecule has 2 heterocycles. The fourth-order valence-electron chi connectivity index (χ4n) is 3.78. The van der Waals surface area contributed by atoms with E-state index in [0.717, 1.165) is 13.1 Å². The first kappa shape index (κ1) is 20.2. The van der Waals surface area contributed by atoms with Gasteiger partial charge < -0.3 is 9.64 Å². The molecule has 0 radical (unpaired) electrons. The van der Waals surface area contributed by atoms with Crippen LogP contribution in [0.3, 0.4) is 0 Å². The minimum atomic E-state index is 0.302. The molecule has 142 valence electrons. The van der Waals surface area contributed by atoms with Crippen molar-refractivity contribution in [3.63, 3.8) is 0 Å². The van der Waals surface area contributed by atoms with Gasteiger partial charge in [0.15, 0.2) is 0 Å². The first-order valence-corrected chi connectivity index (χ1v) is 10.3. The van der Waals surface area contributed by atoms with Gasteiger partial charge in [-0.25, -0.2) is 0 Å². The van der Waals surface area contributed by atoms with Crippen molar-refractivity contribution in [3.8, 4) is 0 Å². The Morgan fingerprint density at radius 3 is 2.00 bits per heavy atom. The molecule has 0 atom stereocenters. The molecular weight excluding hydrogens is 296 g/mol. The van der Waals surface area contributed by atoms with E-state index in [1.54, 1.807) is 0 Å². The third-order valence-corrected chi connectivity index (χ3v) is 5.62. The van der Waals surface area contributed by atoms with Gasteiger partial charge in [-0.2, -0.15) is 0 Å². The summed E-state index contributed by atoms with van der Waals surface area (Å²) < 4.78 is 6.31. The zero-order valence-corrected chi connectivity index (χ0v) is 17.2. The second kappa shape index (κ2) is 8.51. The van der Waals surface area contributed by atoms with Crippen LogP contribution in [0, 0.1) is 5.41 Å². The van der Waals surface area contributed by atoms with E-state index >= 15 is 0 Å². The normalized spacial score (nSPS) is 22.8. The van der Waals surface area contributed by atoms with E-state index < -0.39 is 0 Å². The molecule has 0 unspecified atom stereocenters. The molecule has 0 spiro atoms. The van der Waals surface area contributed by atoms with Gasteiger partial charge in [-0.3, -0.25) is 4.90 Å². The predicted octanol–water partition coefficient (Wildman–Crippen LogP) is 4.56. The van der Waals surface area contributed by atoms with E-state index in [9.17, 15) is 0 Å². The van der Waals surface area contributed by atoms with Crippen LogP contribution in [0.25, 0.3) is 0 Å². The lowest BCUT2D eigenvalue weighted by atomic mass is 9.89. The minimum Gasteiger partial charge on any atom is -0.372 e. The molecule has 2 aliphatic heterocycles. The molecule has 0 N–H and O–H groups in total. The average molecular weight is 339 g/mol. The molecule has 0 bridgehead atoms. The number of hydrogen-bond donors (Lipinski definition) is 0. The summed E-state index contributed by atoms with van der Waals surface area (Å²) in [6.45, 7) is 19.9. The Labute approximate surface area is 151 Å². The molecule has 2 fully saturated rings. The van der Waals surface area contributed by atoms with Gasteiger partial charge in [0.25, 0.3) is 0 Å². The molecule has 0 aromatic carbocycles. The predicted molar refractivity (Wildman–Crippen MR) is 104 cm³/mol. The molecule has 3 nitrogen and oxygen atoms in total. The maximum Gasteiger partial charge on any atom is 0.0832 e. The molecule has 0 aliphatic carbocycles. The Morgan fingerprint density at radius 2 is 1.46 bits per heavy atom. The van der Waals surface area contributed by atoms with Crippen LogP contribution in [0.2, 0.25) is 0 Å². The first-order valence-electron chi connectivity index (χ1n) is 10.3. The molecular formula is C21H42N2O. The van der Waals surface area contributed by atoms with Crippen molar-refractivity contribution < 1.29 is 4.74 Å². The van der Waals surface area contributed by atoms with Crippen molar-refractivity contribution >= 4 is 0 Å². The number of likely N-dealkylation sites (tertiary alicyclic amines) is 2. The third-order valence-electron chi connectivity index (χ3n) is 5.62. The molecule has 2 rings (SSSR count). The Kier molecular flexibility index (Phi) is 7.16. The molecule has 3 heteroatoms. The fourth-order valence-corrected chi connectivity index (χ4v) is 3.78. The van der Waals surface area contributed by atoms with E-state index in [1.165, 1.54) is 58.2 Å². The largest absolute Gasteiger partial charge is 0.372 e. The van der Waals surface area contributed by atoms with Crippen molar-refractivity contribution in [1.29, 1.82) is 0 Å². The minimum absolute atomic E-state index is 0.302. The van der Waals surface area contributed by atoms with Crippen molar-refractivity contribution in [3.05, 3.63) is 0 Å². The lowest BCUT2D eigenvalue weighted by Gasteiger charge is -2.48. The Balaban J connectivity index is 1.50. The molecule has 2 aliphatic rings. The summed E-state index contributed by atoms with van der Waals surface area (Å²) in [7, 11) is 0. The van der Waals surface area contributed by atoms with Crippen molar-refractivity contribution in [1.82, 2.24) is 9.80 Å². The number of unbranched alkanes of at least 4 members (excludes halogenated alkanes) is 2. The summed E-state index contributed by atoms with van der Waals surface area (Å²) in [5, 5.41) is 0. The summed E-state index contributed by atoms with van der Waals surface area (Å²) in [5.41, 5.74) is 0.802. The van der Waals surface area contributed by atoms with Crippen LogP contribution in [0.5, 0.6) is 0 Å². The van der Waals surface area contributed by atoms with Gasteiger partial charge in [-0.15, -0.1) is 0 Å². The molecule has 2 saturated heterocycles. The second-order valence-electron chi connectivity index (χ2n) is 10.2. The fraction of sp³-hybridized carbons (Fsp3) is 1.00. The van der Waals surface area contributed by atoms with E-state index in [1.807, 2.05) is 0 Å². The second-order valence-corrected chi connectivity index (χ2v) is 10.2. The Hall–Kier alpha value is -0.120. The van der Waals surface area contributed by atoms with Crippen LogP contribution in [0.4, 0.5) is 0 Å². The van der Waals surface area contributed by atoms with Crippen molar-refractivity contribution in [2.24, 2.45) is 5.41 Å². The van der Waals surface area contributed by atoms with Crippen LogP contribution >= 0.6 is 0 Å². The number of rotatable bonds is 7. The van der Waals surface area contributed by atoms with Gasteiger partial charge in [-0.1, -0.05) is 33.6 Å². The van der Waals surface area contributed by atoms with E-state index in [2.05, 4.69) is 51.3 Å². The van der Waals surface area contributed by atoms with Gasteiger partial charge in [0, 0.05) is 31.7 Å². The SMILES string of the molecule is CC(C)(C)CCCCCN1CCC(OC2CN(C(C)(C)C)C2)CC1. The summed E-state index contributed by atoms with van der Waals surface area (Å²) in [6, 6.07) is 0. The number of ether oxygens (including phenoxy) is 1. The Morgan fingerprint density at radius 1 is 0.833 bits per heavy atom. The lowest BCUT2D eigenvalue weighted by molar-refractivity contribution is -0.129. The Bertz CT molecular complexity index is 355. The molecule has 0 aromatic rings. The number of hydrogen-bond acceptors (Lipinski definition) is 3. The summed E-state index contributed by atoms with van der Waals surface area (Å²) in [4.78, 5) is 5.17. The van der Waals surface area contributed by atoms with Gasteiger partial charge in [0.2, 0.25) is 0 Å². The highest BCUT2D eigenvalue weighted by atomic mass is 16.5. The molecule has 0 saturated carbocycles. The van der Waals surface area contributed by atoms with Crippen molar-refractivity contribution in [2.45, 2.75) is 97.8 Å². The number of piperidine rings is 1. The quantitative estimate of drug-likeness (QED) is 0.633. The molecule has 24 heavy (non-hydrogen) atoms. The van der Waals surface area contributed by atoms with E-state index in [4.69, 9.17) is 4.74 Å². The van der Waals surface area contributed by atoms with Crippen molar-refractivity contribution in [2.75, 3.05) is 32.7 Å². The van der Waals surface area contributed by atoms with E-state index in [0.29, 0.717) is 23.2 Å². The van der Waals surface area contributed by atoms with Crippen LogP contribution < -0.4 is 0 Å². The molecule has 0 amide bonds. The van der Waals surface area contributed by atoms with E-state index in [-0.39, 0.29) is 0 Å². The van der Waals surface area contributed by atoms with Gasteiger partial charge in [0.05, 0.1) is 12.2 Å². The van der Waals surface area contributed by atoms with Crippen LogP contribution in [-0.2, 0) is 4.74 Å². The third kappa shape index (κ3) is 7.01. The van der Waals surface area contributed by atoms with Gasteiger partial charge >= 0.3 is 0 Å². The maximum atomic E-state index is 6.31. The molecule has 0 aromatic heterocycles. The summed E-state index contributed by atoms with van der Waals surface area (Å²) in [6.07, 6.45) is 8.95. The maximum absolute atomic E-state index is 6.31. The van der Waals surface area contributed by atoms with Gasteiger partial charge in [0.1, 0.15) is 0 Å². The first-order chi connectivity index (χ1) is 11.1. The van der Waals surface area contributed by atoms with Crippen LogP contribution in [0.15, 0.2) is 0 Å². The highest BCUT2D eigenvalue weighted by molar-refractivity contribution is 4.90. The smallest absolute Gasteiger partial charge is 0.0832 e. The monoisotopic (exact) mass is 338 g/mol. The average Bonchev–Trinajstić information content (AvgIpc) is 2.41. The standard InChI is InChI=1S/C21H42N2O/c1-20(2,3)12-8-7-9-13-22-14-10-18(11-15-22)24-19-16-23(17-19)21(4,5)6/h18-19H,7-17H2,1-6H3. The zero-order valence-electron chi connectivity index (χ0n) is 17.2. The summed E-state index contributed by atoms with van der Waals surface area (Å²) >= 11 is 0. The van der Waals surface area contributed by atoms with Gasteiger partial charge in [-0.05, 0) is 58.4 Å². The zero-order chi connectivity index (χ0) is 17.8. The number of nitrogens with zero attached hydrogens (tertiary/aromatic N) is 2. The highest BCUT2D eigenvalue weighted by Gasteiger charge is 2.36. The van der Waals surface area contributed by atoms with Crippen LogP contribution in [0.1, 0.15) is 80.1 Å². The lowest BCUT2D eigenvalue weighted by Crippen LogP contribution is -2.60.